The van der Waals surface area contributed by atoms with E-state index < -0.39 is 5.97 Å². The molecule has 0 fully saturated rings. The molecule has 0 saturated carbocycles. The Labute approximate surface area is 721 Å². The van der Waals surface area contributed by atoms with Gasteiger partial charge in [0.25, 0.3) is 17.0 Å². The number of aromatic carboxylic acids is 1. The highest BCUT2D eigenvalue weighted by Gasteiger charge is 2.15. The maximum atomic E-state index is 12.4. The zero-order valence-electron chi connectivity index (χ0n) is 68.3. The minimum Gasteiger partial charge on any atom is -0.508 e. The first-order chi connectivity index (χ1) is 57.1. The molecule has 618 valence electrons. The number of rotatable bonds is 20. The number of aromatic nitrogens is 2. The molecule has 21 heteroatoms. The van der Waals surface area contributed by atoms with Crippen LogP contribution in [0.5, 0.6) is 28.7 Å². The van der Waals surface area contributed by atoms with Gasteiger partial charge in [-0.1, -0.05) is 199 Å². The maximum absolute atomic E-state index is 12.4. The molecule has 13 rings (SSSR count). The summed E-state index contributed by atoms with van der Waals surface area (Å²) in [5.74, 6) is 2.18. The monoisotopic (exact) mass is 1790 g/mol. The van der Waals surface area contributed by atoms with Crippen LogP contribution in [0.1, 0.15) is 166 Å². The number of aldehydes is 1. The lowest BCUT2D eigenvalue weighted by molar-refractivity contribution is 0.0599. The first-order valence-corrected chi connectivity index (χ1v) is 40.4. The largest absolute Gasteiger partial charge is 0.508 e. The maximum Gasteiger partial charge on any atom is 0.337 e. The third-order valence-corrected chi connectivity index (χ3v) is 19.4. The van der Waals surface area contributed by atoms with Crippen molar-refractivity contribution in [1.82, 2.24) is 15.3 Å². The second-order valence-corrected chi connectivity index (χ2v) is 29.7. The molecule has 0 aliphatic carbocycles. The standard InChI is InChI=1S/C23H24N2O3.C16H16O3.C15H14O3.C14H13BrO.C8H9BrO.C8H7BrO.C8H12N2O.C6H6O/c1-15-13-16(2)25-23(27)21(15)14-24-22(26)19-11-9-18(10-12-19)17(3)28-20-7-5-4-6-8-20;1-12(19-15-6-4-3-5-7-15)13-8-10-14(11-9-13)16(17)18-2;1-11(18-14-5-3-2-4-6-14)12-7-9-13(10-8-12)15(16)17;1-11(12-7-9-13(15)10-8-12)16-14-5-3-2-4-6-14;2*1-6-4-8(9)3-2-7(6)5-10;1-5-3-6(2)10-8(11)7(5)4-9;7-6-4-2-1-3-5-6/h4-13,17H,14H2,1-3H3,(H,24,26)(H,25,27);3-12H,1-2H3;2-11H,1H3,(H,16,17);2-11H,1H3;2-4,10H,5H2,1H3;2-5H,1H3;3H,4,9H2,1-2H3,(H,10,11);1-5,7H. The van der Waals surface area contributed by atoms with E-state index in [-0.39, 0.29) is 66.1 Å². The molecule has 0 aliphatic heterocycles. The smallest absolute Gasteiger partial charge is 0.337 e. The molecule has 4 unspecified atom stereocenters. The Hall–Kier alpha value is -12.2. The number of H-pyrrole nitrogens is 2. The van der Waals surface area contributed by atoms with E-state index in [0.717, 1.165) is 104 Å². The molecular weight excluding hydrogens is 1700 g/mol. The Morgan fingerprint density at radius 1 is 0.429 bits per heavy atom. The molecular formula is C98H101Br3N4O14. The van der Waals surface area contributed by atoms with Gasteiger partial charge in [0.2, 0.25) is 0 Å². The second-order valence-electron chi connectivity index (χ2n) is 27.0. The van der Waals surface area contributed by atoms with Crippen LogP contribution in [0.2, 0.25) is 0 Å². The summed E-state index contributed by atoms with van der Waals surface area (Å²) >= 11 is 10.1. The third kappa shape index (κ3) is 34.1. The highest BCUT2D eigenvalue weighted by Crippen LogP contribution is 2.27. The summed E-state index contributed by atoms with van der Waals surface area (Å²) in [4.78, 5) is 73.5. The minimum absolute atomic E-state index is 0.0648. The van der Waals surface area contributed by atoms with E-state index in [9.17, 15) is 28.8 Å². The summed E-state index contributed by atoms with van der Waals surface area (Å²) in [6.07, 6.45) is 0.606. The Kier molecular flexibility index (Phi) is 41.0. The number of hydrogen-bond donors (Lipinski definition) is 7. The predicted molar refractivity (Wildman–Crippen MR) is 483 cm³/mol. The van der Waals surface area contributed by atoms with Crippen molar-refractivity contribution in [2.45, 2.75) is 113 Å². The quantitative estimate of drug-likeness (QED) is 0.0276. The Morgan fingerprint density at radius 3 is 1.08 bits per heavy atom. The van der Waals surface area contributed by atoms with Crippen LogP contribution >= 0.6 is 47.8 Å². The van der Waals surface area contributed by atoms with E-state index in [4.69, 9.17) is 40.0 Å². The van der Waals surface area contributed by atoms with Gasteiger partial charge in [0.1, 0.15) is 59.4 Å². The van der Waals surface area contributed by atoms with E-state index in [2.05, 4.69) is 86.9 Å². The van der Waals surface area contributed by atoms with Crippen LogP contribution in [-0.2, 0) is 24.4 Å². The van der Waals surface area contributed by atoms with Gasteiger partial charge in [-0.3, -0.25) is 19.2 Å². The van der Waals surface area contributed by atoms with Crippen LogP contribution in [-0.4, -0.2) is 56.5 Å². The van der Waals surface area contributed by atoms with Crippen LogP contribution in [0.25, 0.3) is 0 Å². The van der Waals surface area contributed by atoms with Gasteiger partial charge in [0, 0.05) is 60.1 Å². The van der Waals surface area contributed by atoms with Crippen molar-refractivity contribution in [3.05, 3.63) is 426 Å². The lowest BCUT2D eigenvalue weighted by atomic mass is 10.1. The minimum atomic E-state index is -0.918. The number of methoxy groups -OCH3 is 1. The lowest BCUT2D eigenvalue weighted by Gasteiger charge is -2.15. The highest BCUT2D eigenvalue weighted by molar-refractivity contribution is 9.11. The second kappa shape index (κ2) is 51.1. The topological polar surface area (TPSA) is 279 Å². The van der Waals surface area contributed by atoms with Crippen LogP contribution < -0.4 is 41.1 Å². The van der Waals surface area contributed by atoms with Gasteiger partial charge in [0.05, 0.1) is 24.8 Å². The molecule has 8 N–H and O–H groups in total. The van der Waals surface area contributed by atoms with Crippen molar-refractivity contribution in [2.75, 3.05) is 7.11 Å². The molecule has 0 bridgehead atoms. The molecule has 2 aromatic heterocycles. The number of carbonyl (C=O) groups excluding carboxylic acids is 3. The first kappa shape index (κ1) is 95.6. The summed E-state index contributed by atoms with van der Waals surface area (Å²) in [5, 5.41) is 29.1. The molecule has 0 spiro atoms. The summed E-state index contributed by atoms with van der Waals surface area (Å²) < 4.78 is 31.1. The number of phenolic OH excluding ortho intramolecular Hbond substituents is 1. The molecule has 4 atom stereocenters. The van der Waals surface area contributed by atoms with E-state index >= 15 is 0 Å². The van der Waals surface area contributed by atoms with Crippen molar-refractivity contribution in [3.8, 4) is 28.7 Å². The molecule has 1 amide bonds. The van der Waals surface area contributed by atoms with Crippen molar-refractivity contribution in [1.29, 1.82) is 0 Å². The molecule has 119 heavy (non-hydrogen) atoms. The molecule has 0 saturated heterocycles. The van der Waals surface area contributed by atoms with Crippen LogP contribution in [0.4, 0.5) is 0 Å². The van der Waals surface area contributed by atoms with Gasteiger partial charge in [-0.05, 0) is 265 Å². The number of carboxylic acid groups (broad SMARTS) is 1. The number of nitrogens with one attached hydrogen (secondary N) is 3. The number of pyridine rings is 2. The third-order valence-electron chi connectivity index (χ3n) is 17.8. The predicted octanol–water partition coefficient (Wildman–Crippen LogP) is 22.5. The number of aliphatic hydroxyl groups is 1. The van der Waals surface area contributed by atoms with Gasteiger partial charge < -0.3 is 60.0 Å². The van der Waals surface area contributed by atoms with Gasteiger partial charge in [0.15, 0.2) is 0 Å². The van der Waals surface area contributed by atoms with Gasteiger partial charge >= 0.3 is 11.9 Å². The summed E-state index contributed by atoms with van der Waals surface area (Å²) in [5.41, 5.74) is 19.3. The molecule has 0 radical (unpaired) electrons. The fourth-order valence-electron chi connectivity index (χ4n) is 11.2. The average Bonchev–Trinajstić information content (AvgIpc) is 0.859. The van der Waals surface area contributed by atoms with Crippen molar-refractivity contribution in [3.63, 3.8) is 0 Å². The number of ether oxygens (including phenoxy) is 5. The van der Waals surface area contributed by atoms with Gasteiger partial charge in [-0.2, -0.15) is 0 Å². The molecule has 13 aromatic rings. The van der Waals surface area contributed by atoms with Gasteiger partial charge in [-0.15, -0.1) is 0 Å². The van der Waals surface area contributed by atoms with E-state index in [1.165, 1.54) is 12.7 Å². The Balaban J connectivity index is 0.000000218. The number of para-hydroxylation sites is 5. The first-order valence-electron chi connectivity index (χ1n) is 38.0. The van der Waals surface area contributed by atoms with Crippen molar-refractivity contribution < 1.29 is 58.2 Å². The molecule has 18 nitrogen and oxygen atoms in total. The number of aliphatic hydroxyl groups excluding tert-OH is 1. The number of carboxylic acids is 1. The number of hydrogen-bond acceptors (Lipinski definition) is 14. The van der Waals surface area contributed by atoms with Crippen LogP contribution in [0, 0.1) is 41.5 Å². The van der Waals surface area contributed by atoms with Crippen LogP contribution in [0.3, 0.4) is 0 Å². The van der Waals surface area contributed by atoms with E-state index in [1.807, 2.05) is 269 Å². The number of halogens is 3. The summed E-state index contributed by atoms with van der Waals surface area (Å²) in [6, 6.07) is 92.0. The number of aryl methyl sites for hydroxylation is 6. The van der Waals surface area contributed by atoms with Crippen molar-refractivity contribution >= 4 is 71.9 Å². The zero-order valence-corrected chi connectivity index (χ0v) is 73.1. The number of aromatic amines is 2. The Bertz CT molecular complexity index is 5360. The zero-order chi connectivity index (χ0) is 86.8. The van der Waals surface area contributed by atoms with Crippen molar-refractivity contribution in [2.24, 2.45) is 5.73 Å². The molecule has 0 aliphatic rings. The van der Waals surface area contributed by atoms with Gasteiger partial charge in [-0.25, -0.2) is 9.59 Å². The number of esters is 1. The summed E-state index contributed by atoms with van der Waals surface area (Å²) in [6.45, 7) is 19.9. The number of phenols is 1. The SMILES string of the molecule is CC(Oc1ccccc1)c1ccc(Br)cc1.CC(Oc1ccccc1)c1ccc(C(=O)O)cc1.COC(=O)c1ccc(C(C)Oc2ccccc2)cc1.Cc1cc(Br)ccc1C=O.Cc1cc(Br)ccc1CO.Cc1cc(C)c(CN)c(=O)[nH]1.Cc1cc(C)c(CNC(=O)c2ccc(C(C)Oc3ccccc3)cc2)c(=O)[nH]1.Oc1ccccc1. The fourth-order valence-corrected chi connectivity index (χ4v) is 12.4. The Morgan fingerprint density at radius 2 is 0.765 bits per heavy atom. The molecule has 11 aromatic carbocycles. The number of aromatic hydroxyl groups is 1. The average molecular weight is 1800 g/mol. The van der Waals surface area contributed by atoms with Crippen LogP contribution in [0.15, 0.2) is 320 Å². The highest BCUT2D eigenvalue weighted by atomic mass is 79.9. The van der Waals surface area contributed by atoms with E-state index in [1.54, 1.807) is 78.9 Å². The number of benzene rings is 11. The lowest BCUT2D eigenvalue weighted by Crippen LogP contribution is -2.27. The molecule has 2 heterocycles. The normalized spacial score (nSPS) is 11.1. The number of amides is 1. The number of nitrogens with two attached hydrogens (primary N) is 1. The summed E-state index contributed by atoms with van der Waals surface area (Å²) in [7, 11) is 1.37. The van der Waals surface area contributed by atoms with E-state index in [0.29, 0.717) is 34.5 Å². The fraction of sp³-hybridized carbons (Fsp3) is 0.184. The number of carbonyl (C=O) groups is 4.